The first-order valence-corrected chi connectivity index (χ1v) is 7.15. The van der Waals surface area contributed by atoms with Crippen molar-refractivity contribution in [2.45, 2.75) is 32.2 Å². The Bertz CT molecular complexity index is 297. The molecule has 2 unspecified atom stereocenters. The van der Waals surface area contributed by atoms with Crippen molar-refractivity contribution in [3.8, 4) is 0 Å². The number of piperazine rings is 1. The van der Waals surface area contributed by atoms with Crippen LogP contribution < -0.4 is 10.6 Å². The molecule has 2 N–H and O–H groups in total. The Morgan fingerprint density at radius 2 is 2.22 bits per heavy atom. The topological polar surface area (TPSA) is 44.4 Å². The van der Waals surface area contributed by atoms with Crippen molar-refractivity contribution >= 4 is 5.91 Å². The number of nitrogens with one attached hydrogen (secondary N) is 2. The monoisotopic (exact) mass is 251 g/mol. The van der Waals surface area contributed by atoms with Crippen LogP contribution in [0.1, 0.15) is 26.2 Å². The smallest absolute Gasteiger partial charge is 0.237 e. The highest BCUT2D eigenvalue weighted by atomic mass is 16.2. The molecule has 0 aromatic rings. The lowest BCUT2D eigenvalue weighted by molar-refractivity contribution is -0.126. The van der Waals surface area contributed by atoms with Crippen molar-refractivity contribution in [2.75, 3.05) is 32.7 Å². The Kier molecular flexibility index (Phi) is 5.20. The van der Waals surface area contributed by atoms with E-state index in [1.54, 1.807) is 0 Å². The molecule has 1 fully saturated rings. The quantitative estimate of drug-likeness (QED) is 0.725. The van der Waals surface area contributed by atoms with Crippen LogP contribution in [0, 0.1) is 5.92 Å². The molecule has 0 bridgehead atoms. The van der Waals surface area contributed by atoms with E-state index in [0.717, 1.165) is 45.6 Å². The highest BCUT2D eigenvalue weighted by Crippen LogP contribution is 2.17. The molecule has 2 atom stereocenters. The normalized spacial score (nSPS) is 26.8. The van der Waals surface area contributed by atoms with Gasteiger partial charge in [0.05, 0.1) is 6.04 Å². The molecule has 0 radical (unpaired) electrons. The van der Waals surface area contributed by atoms with E-state index in [9.17, 15) is 4.79 Å². The summed E-state index contributed by atoms with van der Waals surface area (Å²) in [6, 6.07) is 0.00577. The van der Waals surface area contributed by atoms with Crippen molar-refractivity contribution in [3.63, 3.8) is 0 Å². The molecule has 2 aliphatic rings. The summed E-state index contributed by atoms with van der Waals surface area (Å²) >= 11 is 0. The van der Waals surface area contributed by atoms with E-state index in [-0.39, 0.29) is 11.9 Å². The van der Waals surface area contributed by atoms with Crippen LogP contribution >= 0.6 is 0 Å². The highest BCUT2D eigenvalue weighted by Gasteiger charge is 2.23. The number of rotatable bonds is 4. The predicted octanol–water partition coefficient (Wildman–Crippen LogP) is 0.753. The van der Waals surface area contributed by atoms with Crippen LogP contribution in [-0.4, -0.2) is 49.6 Å². The molecule has 1 amide bonds. The molecule has 0 spiro atoms. The van der Waals surface area contributed by atoms with Crippen molar-refractivity contribution in [1.29, 1.82) is 0 Å². The van der Waals surface area contributed by atoms with Crippen LogP contribution in [0.15, 0.2) is 12.2 Å². The third kappa shape index (κ3) is 3.82. The van der Waals surface area contributed by atoms with Gasteiger partial charge >= 0.3 is 0 Å². The van der Waals surface area contributed by atoms with E-state index in [0.29, 0.717) is 5.92 Å². The Morgan fingerprint density at radius 3 is 2.89 bits per heavy atom. The van der Waals surface area contributed by atoms with Gasteiger partial charge in [0, 0.05) is 32.7 Å². The zero-order valence-electron chi connectivity index (χ0n) is 11.3. The maximum absolute atomic E-state index is 12.1. The average Bonchev–Trinajstić information content (AvgIpc) is 2.46. The molecule has 102 valence electrons. The van der Waals surface area contributed by atoms with Gasteiger partial charge in [0.1, 0.15) is 0 Å². The molecular formula is C14H25N3O. The van der Waals surface area contributed by atoms with Crippen molar-refractivity contribution < 1.29 is 4.79 Å². The summed E-state index contributed by atoms with van der Waals surface area (Å²) in [4.78, 5) is 14.4. The summed E-state index contributed by atoms with van der Waals surface area (Å²) in [5.74, 6) is 0.820. The third-order valence-corrected chi connectivity index (χ3v) is 4.02. The van der Waals surface area contributed by atoms with E-state index in [1.807, 2.05) is 6.92 Å². The maximum Gasteiger partial charge on any atom is 0.237 e. The van der Waals surface area contributed by atoms with Crippen molar-refractivity contribution in [3.05, 3.63) is 12.2 Å². The molecule has 18 heavy (non-hydrogen) atoms. The SMILES string of the molecule is CC(C(=O)NCC1CC=CCC1)N1CCNCC1. The molecule has 1 aliphatic heterocycles. The minimum atomic E-state index is 0.00577. The summed E-state index contributed by atoms with van der Waals surface area (Å²) in [5, 5.41) is 6.43. The van der Waals surface area contributed by atoms with Crippen LogP contribution in [0.3, 0.4) is 0 Å². The molecule has 0 saturated carbocycles. The predicted molar refractivity (Wildman–Crippen MR) is 73.4 cm³/mol. The van der Waals surface area contributed by atoms with E-state index >= 15 is 0 Å². The maximum atomic E-state index is 12.1. The van der Waals surface area contributed by atoms with Crippen LogP contribution in [0.4, 0.5) is 0 Å². The van der Waals surface area contributed by atoms with Gasteiger partial charge < -0.3 is 10.6 Å². The molecule has 1 saturated heterocycles. The molecule has 0 aromatic heterocycles. The second-order valence-corrected chi connectivity index (χ2v) is 5.36. The summed E-state index contributed by atoms with van der Waals surface area (Å²) in [5.41, 5.74) is 0. The second-order valence-electron chi connectivity index (χ2n) is 5.36. The Morgan fingerprint density at radius 1 is 1.44 bits per heavy atom. The standard InChI is InChI=1S/C14H25N3O/c1-12(17-9-7-15-8-10-17)14(18)16-11-13-5-3-2-4-6-13/h2-3,12-13,15H,4-11H2,1H3,(H,16,18). The first-order chi connectivity index (χ1) is 8.77. The molecule has 4 heteroatoms. The van der Waals surface area contributed by atoms with Gasteiger partial charge in [-0.3, -0.25) is 9.69 Å². The van der Waals surface area contributed by atoms with Crippen LogP contribution in [0.25, 0.3) is 0 Å². The second kappa shape index (κ2) is 6.90. The fourth-order valence-electron chi connectivity index (χ4n) is 2.67. The molecule has 1 aliphatic carbocycles. The summed E-state index contributed by atoms with van der Waals surface area (Å²) in [7, 11) is 0. The molecule has 2 rings (SSSR count). The summed E-state index contributed by atoms with van der Waals surface area (Å²) < 4.78 is 0. The summed E-state index contributed by atoms with van der Waals surface area (Å²) in [6.45, 7) is 6.78. The molecule has 1 heterocycles. The van der Waals surface area contributed by atoms with Gasteiger partial charge in [0.2, 0.25) is 5.91 Å². The van der Waals surface area contributed by atoms with Crippen molar-refractivity contribution in [1.82, 2.24) is 15.5 Å². The minimum Gasteiger partial charge on any atom is -0.354 e. The average molecular weight is 251 g/mol. The van der Waals surface area contributed by atoms with E-state index in [1.165, 1.54) is 6.42 Å². The number of allylic oxidation sites excluding steroid dienone is 2. The Balaban J connectivity index is 1.71. The molecule has 4 nitrogen and oxygen atoms in total. The lowest BCUT2D eigenvalue weighted by atomic mass is 9.94. The van der Waals surface area contributed by atoms with Gasteiger partial charge in [0.25, 0.3) is 0 Å². The summed E-state index contributed by atoms with van der Waals surface area (Å²) in [6.07, 6.45) is 7.96. The number of hydrogen-bond donors (Lipinski definition) is 2. The third-order valence-electron chi connectivity index (χ3n) is 4.02. The van der Waals surface area contributed by atoms with Gasteiger partial charge in [-0.1, -0.05) is 12.2 Å². The van der Waals surface area contributed by atoms with Gasteiger partial charge in [-0.2, -0.15) is 0 Å². The first-order valence-electron chi connectivity index (χ1n) is 7.15. The van der Waals surface area contributed by atoms with Crippen LogP contribution in [-0.2, 0) is 4.79 Å². The minimum absolute atomic E-state index is 0.00577. The number of nitrogens with zero attached hydrogens (tertiary/aromatic N) is 1. The number of carbonyl (C=O) groups excluding carboxylic acids is 1. The lowest BCUT2D eigenvalue weighted by Crippen LogP contribution is -2.53. The fraction of sp³-hybridized carbons (Fsp3) is 0.786. The Hall–Kier alpha value is -0.870. The fourth-order valence-corrected chi connectivity index (χ4v) is 2.67. The first kappa shape index (κ1) is 13.6. The van der Waals surface area contributed by atoms with Gasteiger partial charge in [-0.05, 0) is 32.1 Å². The van der Waals surface area contributed by atoms with Crippen LogP contribution in [0.5, 0.6) is 0 Å². The van der Waals surface area contributed by atoms with E-state index < -0.39 is 0 Å². The zero-order chi connectivity index (χ0) is 12.8. The number of hydrogen-bond acceptors (Lipinski definition) is 3. The van der Waals surface area contributed by atoms with Crippen LogP contribution in [0.2, 0.25) is 0 Å². The molecule has 0 aromatic carbocycles. The van der Waals surface area contributed by atoms with Gasteiger partial charge in [-0.15, -0.1) is 0 Å². The zero-order valence-corrected chi connectivity index (χ0v) is 11.3. The van der Waals surface area contributed by atoms with Gasteiger partial charge in [-0.25, -0.2) is 0 Å². The number of amides is 1. The highest BCUT2D eigenvalue weighted by molar-refractivity contribution is 5.81. The van der Waals surface area contributed by atoms with Gasteiger partial charge in [0.15, 0.2) is 0 Å². The van der Waals surface area contributed by atoms with Crippen molar-refractivity contribution in [2.24, 2.45) is 5.92 Å². The van der Waals surface area contributed by atoms with E-state index in [2.05, 4.69) is 27.7 Å². The number of carbonyl (C=O) groups is 1. The van der Waals surface area contributed by atoms with E-state index in [4.69, 9.17) is 0 Å². The lowest BCUT2D eigenvalue weighted by Gasteiger charge is -2.32. The largest absolute Gasteiger partial charge is 0.354 e. The Labute approximate surface area is 110 Å². The molecular weight excluding hydrogens is 226 g/mol.